The highest BCUT2D eigenvalue weighted by atomic mass is 35.5. The number of aryl methyl sites for hydroxylation is 1. The van der Waals surface area contributed by atoms with Gasteiger partial charge in [0.25, 0.3) is 15.7 Å². The van der Waals surface area contributed by atoms with E-state index >= 15 is 0 Å². The molecule has 14 heteroatoms. The number of carbonyl (C=O) groups excluding carboxylic acids is 2. The van der Waals surface area contributed by atoms with Crippen LogP contribution in [0.2, 0.25) is 10.0 Å². The van der Waals surface area contributed by atoms with Gasteiger partial charge < -0.3 is 15.0 Å². The molecule has 0 aliphatic heterocycles. The lowest BCUT2D eigenvalue weighted by atomic mass is 10.0. The number of nitro groups is 1. The van der Waals surface area contributed by atoms with Crippen LogP contribution in [0.15, 0.2) is 95.9 Å². The number of amides is 2. The number of hydrogen-bond acceptors (Lipinski definition) is 7. The number of methoxy groups -OCH3 is 1. The van der Waals surface area contributed by atoms with Crippen molar-refractivity contribution >= 4 is 56.4 Å². The van der Waals surface area contributed by atoms with Crippen molar-refractivity contribution in [2.75, 3.05) is 18.0 Å². The first-order valence-corrected chi connectivity index (χ1v) is 17.9. The van der Waals surface area contributed by atoms with Gasteiger partial charge in [0.05, 0.1) is 22.6 Å². The Morgan fingerprint density at radius 1 is 0.940 bits per heavy atom. The second-order valence-corrected chi connectivity index (χ2v) is 14.4. The summed E-state index contributed by atoms with van der Waals surface area (Å²) in [7, 11) is -3.36. The van der Waals surface area contributed by atoms with Crippen LogP contribution in [0.3, 0.4) is 0 Å². The van der Waals surface area contributed by atoms with Crippen LogP contribution in [-0.4, -0.2) is 55.8 Å². The lowest BCUT2D eigenvalue weighted by molar-refractivity contribution is -0.385. The lowest BCUT2D eigenvalue weighted by Gasteiger charge is -2.34. The van der Waals surface area contributed by atoms with Crippen molar-refractivity contribution < 1.29 is 27.7 Å². The maximum atomic E-state index is 14.7. The van der Waals surface area contributed by atoms with E-state index in [4.69, 9.17) is 27.9 Å². The van der Waals surface area contributed by atoms with Crippen LogP contribution in [0.4, 0.5) is 11.4 Å². The third-order valence-corrected chi connectivity index (χ3v) is 10.4. The Bertz CT molecular complexity index is 1960. The Kier molecular flexibility index (Phi) is 12.9. The molecule has 11 nitrogen and oxygen atoms in total. The fraction of sp³-hybridized carbons (Fsp3) is 0.278. The molecule has 0 heterocycles. The van der Waals surface area contributed by atoms with E-state index in [1.807, 2.05) is 44.2 Å². The Balaban J connectivity index is 1.90. The predicted octanol–water partition coefficient (Wildman–Crippen LogP) is 6.97. The van der Waals surface area contributed by atoms with Gasteiger partial charge in [0.1, 0.15) is 18.3 Å². The molecule has 0 saturated heterocycles. The molecule has 2 atom stereocenters. The molecule has 0 radical (unpaired) electrons. The van der Waals surface area contributed by atoms with Gasteiger partial charge in [0, 0.05) is 40.7 Å². The van der Waals surface area contributed by atoms with Crippen LogP contribution in [-0.2, 0) is 32.6 Å². The standard InChI is InChI=1S/C36H38Cl2N4O7S/c1-5-25(3)39-36(44)33(19-26-10-7-6-8-11-26)40(22-27-12-9-13-28(37)18-27)35(43)23-41(32-20-29(38)15-17-34(32)49-4)50(47,48)30-16-14-24(2)31(21-30)42(45)46/h6-18,20-21,25,33H,5,19,22-23H2,1-4H3,(H,39,44). The number of anilines is 1. The van der Waals surface area contributed by atoms with Gasteiger partial charge >= 0.3 is 0 Å². The fourth-order valence-electron chi connectivity index (χ4n) is 5.27. The number of carbonyl (C=O) groups is 2. The SMILES string of the molecule is CCC(C)NC(=O)C(Cc1ccccc1)N(Cc1cccc(Cl)c1)C(=O)CN(c1cc(Cl)ccc1OC)S(=O)(=O)c1ccc(C)c([N+](=O)[O-])c1. The van der Waals surface area contributed by atoms with Crippen molar-refractivity contribution in [2.24, 2.45) is 0 Å². The molecule has 264 valence electrons. The van der Waals surface area contributed by atoms with Gasteiger partial charge in [-0.15, -0.1) is 0 Å². The smallest absolute Gasteiger partial charge is 0.273 e. The summed E-state index contributed by atoms with van der Waals surface area (Å²) >= 11 is 12.6. The molecule has 0 spiro atoms. The molecule has 0 fully saturated rings. The highest BCUT2D eigenvalue weighted by Crippen LogP contribution is 2.36. The van der Waals surface area contributed by atoms with Crippen LogP contribution in [0.5, 0.6) is 5.75 Å². The second-order valence-electron chi connectivity index (χ2n) is 11.7. The number of ether oxygens (including phenoxy) is 1. The van der Waals surface area contributed by atoms with E-state index in [1.165, 1.54) is 49.3 Å². The molecule has 4 rings (SSSR count). The van der Waals surface area contributed by atoms with Crippen molar-refractivity contribution in [3.63, 3.8) is 0 Å². The summed E-state index contributed by atoms with van der Waals surface area (Å²) < 4.78 is 35.2. The molecule has 0 aromatic heterocycles. The molecule has 0 saturated carbocycles. The number of nitrogens with one attached hydrogen (secondary N) is 1. The van der Waals surface area contributed by atoms with Crippen molar-refractivity contribution in [2.45, 2.75) is 57.1 Å². The number of benzene rings is 4. The number of nitro benzene ring substituents is 1. The van der Waals surface area contributed by atoms with Gasteiger partial charge in [-0.2, -0.15) is 0 Å². The van der Waals surface area contributed by atoms with Crippen LogP contribution in [0, 0.1) is 17.0 Å². The predicted molar refractivity (Wildman–Crippen MR) is 194 cm³/mol. The fourth-order valence-corrected chi connectivity index (χ4v) is 7.09. The first-order valence-electron chi connectivity index (χ1n) is 15.7. The Morgan fingerprint density at radius 2 is 1.62 bits per heavy atom. The van der Waals surface area contributed by atoms with Crippen LogP contribution in [0.1, 0.15) is 37.0 Å². The Morgan fingerprint density at radius 3 is 2.26 bits per heavy atom. The first-order chi connectivity index (χ1) is 23.7. The monoisotopic (exact) mass is 740 g/mol. The third kappa shape index (κ3) is 9.32. The van der Waals surface area contributed by atoms with E-state index in [9.17, 15) is 28.1 Å². The summed E-state index contributed by atoms with van der Waals surface area (Å²) in [5.74, 6) is -1.09. The minimum atomic E-state index is -4.69. The maximum absolute atomic E-state index is 14.7. The lowest BCUT2D eigenvalue weighted by Crippen LogP contribution is -2.54. The highest BCUT2D eigenvalue weighted by Gasteiger charge is 2.36. The number of sulfonamides is 1. The van der Waals surface area contributed by atoms with Crippen LogP contribution < -0.4 is 14.4 Å². The number of halogens is 2. The number of nitrogens with zero attached hydrogens (tertiary/aromatic N) is 3. The number of rotatable bonds is 15. The number of hydrogen-bond donors (Lipinski definition) is 1. The van der Waals surface area contributed by atoms with Crippen molar-refractivity contribution in [1.82, 2.24) is 10.2 Å². The molecule has 1 N–H and O–H groups in total. The molecule has 0 aliphatic carbocycles. The minimum Gasteiger partial charge on any atom is -0.495 e. The molecule has 4 aromatic carbocycles. The van der Waals surface area contributed by atoms with E-state index in [1.54, 1.807) is 24.3 Å². The molecule has 2 amide bonds. The van der Waals surface area contributed by atoms with Gasteiger partial charge in [-0.1, -0.05) is 78.7 Å². The van der Waals surface area contributed by atoms with E-state index in [2.05, 4.69) is 5.32 Å². The summed E-state index contributed by atoms with van der Waals surface area (Å²) in [5, 5.41) is 15.3. The molecule has 2 unspecified atom stereocenters. The first kappa shape index (κ1) is 38.2. The largest absolute Gasteiger partial charge is 0.495 e. The van der Waals surface area contributed by atoms with E-state index in [0.29, 0.717) is 17.0 Å². The molecule has 50 heavy (non-hydrogen) atoms. The molecular formula is C36H38Cl2N4O7S. The summed E-state index contributed by atoms with van der Waals surface area (Å²) in [5.41, 5.74) is 1.13. The average Bonchev–Trinajstić information content (AvgIpc) is 3.08. The Hall–Kier alpha value is -4.65. The van der Waals surface area contributed by atoms with E-state index < -0.39 is 49.9 Å². The van der Waals surface area contributed by atoms with Crippen molar-refractivity contribution in [3.8, 4) is 5.75 Å². The molecular weight excluding hydrogens is 703 g/mol. The van der Waals surface area contributed by atoms with Gasteiger partial charge in [-0.25, -0.2) is 8.42 Å². The van der Waals surface area contributed by atoms with Crippen LogP contribution in [0.25, 0.3) is 0 Å². The van der Waals surface area contributed by atoms with E-state index in [-0.39, 0.29) is 41.0 Å². The summed E-state index contributed by atoms with van der Waals surface area (Å²) in [4.78, 5) is 40.7. The summed E-state index contributed by atoms with van der Waals surface area (Å²) in [6.07, 6.45) is 0.752. The van der Waals surface area contributed by atoms with Crippen LogP contribution >= 0.6 is 23.2 Å². The van der Waals surface area contributed by atoms with Crippen molar-refractivity contribution in [3.05, 3.63) is 128 Å². The second kappa shape index (κ2) is 16.8. The normalized spacial score (nSPS) is 12.4. The molecule has 0 bridgehead atoms. The van der Waals surface area contributed by atoms with E-state index in [0.717, 1.165) is 15.9 Å². The van der Waals surface area contributed by atoms with Gasteiger partial charge in [0.2, 0.25) is 11.8 Å². The van der Waals surface area contributed by atoms with Crippen molar-refractivity contribution in [1.29, 1.82) is 0 Å². The summed E-state index contributed by atoms with van der Waals surface area (Å²) in [6.45, 7) is 4.34. The third-order valence-electron chi connectivity index (χ3n) is 8.17. The quantitative estimate of drug-likeness (QED) is 0.103. The zero-order valence-corrected chi connectivity index (χ0v) is 30.3. The Labute approximate surface area is 302 Å². The van der Waals surface area contributed by atoms with Gasteiger partial charge in [-0.05, 0) is 67.8 Å². The zero-order chi connectivity index (χ0) is 36.6. The van der Waals surface area contributed by atoms with Gasteiger partial charge in [-0.3, -0.25) is 24.0 Å². The highest BCUT2D eigenvalue weighted by molar-refractivity contribution is 7.92. The zero-order valence-electron chi connectivity index (χ0n) is 28.0. The topological polar surface area (TPSA) is 139 Å². The average molecular weight is 742 g/mol. The maximum Gasteiger partial charge on any atom is 0.273 e. The summed E-state index contributed by atoms with van der Waals surface area (Å²) in [6, 6.07) is 22.4. The van der Waals surface area contributed by atoms with Gasteiger partial charge in [0.15, 0.2) is 0 Å². The molecule has 4 aromatic rings. The molecule has 0 aliphatic rings. The minimum absolute atomic E-state index is 0.0733.